The zero-order valence-corrected chi connectivity index (χ0v) is 24.2. The predicted molar refractivity (Wildman–Crippen MR) is 156 cm³/mol. The molecule has 3 N–H and O–H groups in total. The number of carbonyl (C=O) groups excluding carboxylic acids is 1. The first-order chi connectivity index (χ1) is 26.1. The summed E-state index contributed by atoms with van der Waals surface area (Å²) < 4.78 is 129. The molecule has 14 heteroatoms. The van der Waals surface area contributed by atoms with Crippen molar-refractivity contribution in [3.63, 3.8) is 0 Å². The van der Waals surface area contributed by atoms with E-state index in [1.807, 2.05) is 0 Å². The van der Waals surface area contributed by atoms with E-state index < -0.39 is 111 Å². The number of ether oxygens (including phenoxy) is 9. The van der Waals surface area contributed by atoms with Gasteiger partial charge < -0.3 is 58.0 Å². The molecule has 5 aliphatic rings. The van der Waals surface area contributed by atoms with Crippen LogP contribution in [0.5, 0.6) is 28.7 Å². The lowest BCUT2D eigenvalue weighted by atomic mass is 9.66. The van der Waals surface area contributed by atoms with Crippen molar-refractivity contribution in [2.24, 2.45) is 11.8 Å². The van der Waals surface area contributed by atoms with Crippen molar-refractivity contribution in [1.82, 2.24) is 0 Å². The highest BCUT2D eigenvalue weighted by atomic mass is 32.1. The minimum Gasteiger partial charge on any atom is -0.502 e. The molecular formula is C32H32O13S. The number of methoxy groups -OCH3 is 2. The number of cyclic esters (lactones) is 1. The summed E-state index contributed by atoms with van der Waals surface area (Å²) in [6, 6.07) is 8.18. The number of hydrogen-bond acceptors (Lipinski definition) is 14. The standard InChI is InChI=1S/C32H32O13S/c1-37-19-6-13(7-20(38-2)25(19)33)23-14-8-17-18(42-12-41-17)9-15(14)28(16-10-39-30(36)24(16)23)44-32-27(35)26(34)29-21(43-32)11-40-31(45-29)22-4-3-5-46-22/h3-9,16,21,23-24,26-29,31-35H,10-12H2,1-2H3/t16-,21+,23+,24-,26+,27+,28+,29+,31+,32-/m0/s1/i1D3,2D3,11D2,12D2. The number of aromatic hydroxyl groups is 1. The number of esters is 1. The number of carbonyl (C=O) groups is 1. The summed E-state index contributed by atoms with van der Waals surface area (Å²) in [6.45, 7) is -5.53. The number of phenols is 1. The first-order valence-corrected chi connectivity index (χ1v) is 15.0. The van der Waals surface area contributed by atoms with Gasteiger partial charge in [-0.15, -0.1) is 11.3 Å². The van der Waals surface area contributed by atoms with Crippen molar-refractivity contribution in [3.8, 4) is 28.7 Å². The summed E-state index contributed by atoms with van der Waals surface area (Å²) in [5, 5.41) is 35.3. The summed E-state index contributed by atoms with van der Waals surface area (Å²) in [4.78, 5) is 14.2. The Morgan fingerprint density at radius 3 is 2.48 bits per heavy atom. The van der Waals surface area contributed by atoms with Crippen LogP contribution in [-0.4, -0.2) is 86.0 Å². The predicted octanol–water partition coefficient (Wildman–Crippen LogP) is 2.75. The van der Waals surface area contributed by atoms with Crippen molar-refractivity contribution in [2.45, 2.75) is 49.0 Å². The SMILES string of the molecule is [2H]C([2H])([2H])Oc1cc([C@@H]2c3cc4c(cc3[C@@H](O[C@@H]3O[C@H]5[C@@H](O[C@H](c6cccs6)OC5([2H])[2H])[C@H](O)[C@H]3O)[C@H]3COC(=O)[C@H]23)OC([2H])([2H])O4)cc(OC([2H])([2H])[2H])c1O. The molecule has 0 spiro atoms. The molecule has 13 nitrogen and oxygen atoms in total. The van der Waals surface area contributed by atoms with E-state index in [2.05, 4.69) is 0 Å². The Kier molecular flexibility index (Phi) is 5.17. The van der Waals surface area contributed by atoms with E-state index >= 15 is 0 Å². The van der Waals surface area contributed by atoms with Crippen molar-refractivity contribution in [3.05, 3.63) is 63.3 Å². The second-order valence-corrected chi connectivity index (χ2v) is 12.2. The molecule has 1 aromatic heterocycles. The van der Waals surface area contributed by atoms with E-state index in [1.165, 1.54) is 23.5 Å². The Bertz CT molecular complexity index is 1970. The lowest BCUT2D eigenvalue weighted by molar-refractivity contribution is -0.368. The molecule has 3 fully saturated rings. The maximum Gasteiger partial charge on any atom is 0.310 e. The molecule has 0 saturated carbocycles. The zero-order chi connectivity index (χ0) is 40.3. The Morgan fingerprint density at radius 1 is 1.00 bits per heavy atom. The second-order valence-electron chi connectivity index (χ2n) is 11.2. The van der Waals surface area contributed by atoms with Crippen LogP contribution in [0.1, 0.15) is 53.6 Å². The largest absolute Gasteiger partial charge is 0.502 e. The number of thiophene rings is 1. The average Bonchev–Trinajstić information content (AvgIpc) is 3.81. The number of rotatable bonds is 6. The fourth-order valence-corrected chi connectivity index (χ4v) is 7.39. The molecule has 0 bridgehead atoms. The Morgan fingerprint density at radius 2 is 1.76 bits per heavy atom. The number of aliphatic hydroxyl groups is 2. The lowest BCUT2D eigenvalue weighted by Gasteiger charge is -2.48. The van der Waals surface area contributed by atoms with E-state index in [4.69, 9.17) is 56.3 Å². The van der Waals surface area contributed by atoms with E-state index in [9.17, 15) is 20.1 Å². The van der Waals surface area contributed by atoms with Crippen LogP contribution in [-0.2, 0) is 28.5 Å². The molecule has 0 radical (unpaired) electrons. The first kappa shape index (κ1) is 20.6. The third kappa shape index (κ3) is 4.70. The van der Waals surface area contributed by atoms with Crippen molar-refractivity contribution >= 4 is 17.3 Å². The molecule has 3 aromatic rings. The molecule has 5 heterocycles. The molecule has 0 unspecified atom stereocenters. The highest BCUT2D eigenvalue weighted by molar-refractivity contribution is 7.10. The van der Waals surface area contributed by atoms with Gasteiger partial charge in [0.05, 0.1) is 55.1 Å². The van der Waals surface area contributed by atoms with Crippen LogP contribution in [0.4, 0.5) is 0 Å². The third-order valence-electron chi connectivity index (χ3n) is 8.81. The minimum atomic E-state index is -3.14. The van der Waals surface area contributed by atoms with Crippen LogP contribution in [0.2, 0.25) is 0 Å². The zero-order valence-electron chi connectivity index (χ0n) is 33.4. The molecule has 8 rings (SSSR count). The van der Waals surface area contributed by atoms with Crippen LogP contribution >= 0.6 is 11.3 Å². The quantitative estimate of drug-likeness (QED) is 0.330. The number of fused-ring (bicyclic) bond motifs is 4. The number of aliphatic hydroxyl groups excluding tert-OH is 2. The second kappa shape index (κ2) is 11.6. The summed E-state index contributed by atoms with van der Waals surface area (Å²) in [6.07, 6.45) is -11.0. The van der Waals surface area contributed by atoms with Gasteiger partial charge in [0.1, 0.15) is 27.2 Å². The Balaban J connectivity index is 1.22. The van der Waals surface area contributed by atoms with Crippen molar-refractivity contribution < 1.29 is 76.5 Å². The van der Waals surface area contributed by atoms with Gasteiger partial charge in [0.15, 0.2) is 35.6 Å². The highest BCUT2D eigenvalue weighted by Crippen LogP contribution is 2.57. The molecule has 3 saturated heterocycles. The smallest absolute Gasteiger partial charge is 0.310 e. The first-order valence-electron chi connectivity index (χ1n) is 19.1. The molecule has 2 aromatic carbocycles. The van der Waals surface area contributed by atoms with Crippen LogP contribution in [0.15, 0.2) is 41.8 Å². The molecule has 0 amide bonds. The van der Waals surface area contributed by atoms with Gasteiger partial charge in [-0.05, 0) is 52.4 Å². The number of phenolic OH excluding ortho intramolecular Hbond substituents is 1. The van der Waals surface area contributed by atoms with E-state index in [0.29, 0.717) is 4.88 Å². The molecular weight excluding hydrogens is 624 g/mol. The lowest BCUT2D eigenvalue weighted by Crippen LogP contribution is -2.62. The van der Waals surface area contributed by atoms with Crippen molar-refractivity contribution in [2.75, 3.05) is 34.0 Å². The Hall–Kier alpha value is -3.63. The fraction of sp³-hybridized carbons (Fsp3) is 0.469. The monoisotopic (exact) mass is 666 g/mol. The van der Waals surface area contributed by atoms with Gasteiger partial charge >= 0.3 is 5.97 Å². The van der Waals surface area contributed by atoms with Crippen LogP contribution < -0.4 is 18.9 Å². The fourth-order valence-electron chi connectivity index (χ4n) is 6.70. The van der Waals surface area contributed by atoms with E-state index in [1.54, 1.807) is 17.5 Å². The average molecular weight is 667 g/mol. The van der Waals surface area contributed by atoms with Gasteiger partial charge in [0.2, 0.25) is 12.5 Å². The maximum absolute atomic E-state index is 13.7. The molecule has 4 aliphatic heterocycles. The van der Waals surface area contributed by atoms with E-state index in [0.717, 1.165) is 12.1 Å². The summed E-state index contributed by atoms with van der Waals surface area (Å²) in [7, 11) is -6.27. The van der Waals surface area contributed by atoms with Gasteiger partial charge in [-0.1, -0.05) is 6.07 Å². The number of benzene rings is 2. The van der Waals surface area contributed by atoms with E-state index in [-0.39, 0.29) is 34.8 Å². The van der Waals surface area contributed by atoms with Gasteiger partial charge in [-0.25, -0.2) is 0 Å². The minimum absolute atomic E-state index is 0.00562. The van der Waals surface area contributed by atoms with Crippen LogP contribution in [0.25, 0.3) is 0 Å². The van der Waals surface area contributed by atoms with Crippen LogP contribution in [0, 0.1) is 11.8 Å². The molecule has 1 aliphatic carbocycles. The normalized spacial score (nSPS) is 40.3. The molecule has 244 valence electrons. The van der Waals surface area contributed by atoms with Gasteiger partial charge in [-0.3, -0.25) is 4.79 Å². The van der Waals surface area contributed by atoms with Crippen LogP contribution in [0.3, 0.4) is 0 Å². The number of hydrogen-bond donors (Lipinski definition) is 3. The van der Waals surface area contributed by atoms with Crippen molar-refractivity contribution in [1.29, 1.82) is 0 Å². The maximum atomic E-state index is 13.7. The summed E-state index contributed by atoms with van der Waals surface area (Å²) >= 11 is 1.23. The van der Waals surface area contributed by atoms with Gasteiger partial charge in [0.25, 0.3) is 0 Å². The molecule has 10 atom stereocenters. The molecule has 46 heavy (non-hydrogen) atoms. The third-order valence-corrected chi connectivity index (χ3v) is 9.70. The van der Waals surface area contributed by atoms with Gasteiger partial charge in [0, 0.05) is 11.8 Å². The topological polar surface area (TPSA) is 161 Å². The summed E-state index contributed by atoms with van der Waals surface area (Å²) in [5.41, 5.74) is 0.320. The van der Waals surface area contributed by atoms with Gasteiger partial charge in [-0.2, -0.15) is 0 Å². The highest BCUT2D eigenvalue weighted by Gasteiger charge is 2.56. The summed E-state index contributed by atoms with van der Waals surface area (Å²) in [5.74, 6) is -6.85. The Labute approximate surface area is 281 Å².